The van der Waals surface area contributed by atoms with Gasteiger partial charge in [-0.15, -0.1) is 5.10 Å². The van der Waals surface area contributed by atoms with E-state index in [1.807, 2.05) is 30.3 Å². The largest absolute Gasteiger partial charge is 0.348 e. The van der Waals surface area contributed by atoms with Gasteiger partial charge < -0.3 is 10.2 Å². The molecule has 1 aliphatic carbocycles. The topological polar surface area (TPSA) is 111 Å². The second kappa shape index (κ2) is 7.12. The Hall–Kier alpha value is -3.56. The third-order valence-electron chi connectivity index (χ3n) is 5.23. The van der Waals surface area contributed by atoms with Gasteiger partial charge in [-0.2, -0.15) is 5.10 Å². The maximum Gasteiger partial charge on any atom is 0.272 e. The number of nitrogens with zero attached hydrogens (tertiary/aromatic N) is 7. The summed E-state index contributed by atoms with van der Waals surface area (Å²) in [5.74, 6) is -0.247. The number of rotatable bonds is 5. The van der Waals surface area contributed by atoms with Crippen LogP contribution >= 0.6 is 0 Å². The molecule has 1 N–H and O–H groups in total. The Morgan fingerprint density at radius 1 is 1.14 bits per heavy atom. The predicted octanol–water partition coefficient (Wildman–Crippen LogP) is 0.394. The first-order valence-corrected chi connectivity index (χ1v) is 9.63. The molecule has 0 radical (unpaired) electrons. The van der Waals surface area contributed by atoms with Crippen LogP contribution in [0.2, 0.25) is 0 Å². The van der Waals surface area contributed by atoms with Crippen molar-refractivity contribution in [2.75, 3.05) is 6.54 Å². The second-order valence-electron chi connectivity index (χ2n) is 7.35. The summed E-state index contributed by atoms with van der Waals surface area (Å²) in [6, 6.07) is 10.9. The van der Waals surface area contributed by atoms with Gasteiger partial charge in [0.05, 0.1) is 18.8 Å². The van der Waals surface area contributed by atoms with Gasteiger partial charge in [-0.3, -0.25) is 14.3 Å². The molecule has 1 aliphatic heterocycles. The van der Waals surface area contributed by atoms with Crippen LogP contribution in [-0.4, -0.2) is 59.3 Å². The highest BCUT2D eigenvalue weighted by Crippen LogP contribution is 2.24. The fourth-order valence-electron chi connectivity index (χ4n) is 3.56. The minimum atomic E-state index is -0.640. The lowest BCUT2D eigenvalue weighted by Gasteiger charge is -2.30. The van der Waals surface area contributed by atoms with Crippen molar-refractivity contribution in [2.24, 2.45) is 0 Å². The Morgan fingerprint density at radius 2 is 1.97 bits per heavy atom. The summed E-state index contributed by atoms with van der Waals surface area (Å²) in [6.07, 6.45) is 3.50. The molecular formula is C19H20N8O2. The number of amides is 2. The van der Waals surface area contributed by atoms with Crippen LogP contribution in [-0.2, 0) is 17.9 Å². The van der Waals surface area contributed by atoms with E-state index in [2.05, 4.69) is 25.9 Å². The van der Waals surface area contributed by atoms with E-state index in [0.717, 1.165) is 24.1 Å². The van der Waals surface area contributed by atoms with Gasteiger partial charge in [0.1, 0.15) is 6.33 Å². The number of nitrogens with one attached hydrogen (secondary N) is 1. The normalized spacial score (nSPS) is 16.9. The molecule has 2 aromatic heterocycles. The summed E-state index contributed by atoms with van der Waals surface area (Å²) in [4.78, 5) is 27.4. The number of aromatic nitrogens is 6. The highest BCUT2D eigenvalue weighted by atomic mass is 16.2. The number of carbonyl (C=O) groups excluding carboxylic acids is 2. The summed E-state index contributed by atoms with van der Waals surface area (Å²) in [5.41, 5.74) is 2.06. The molecule has 1 aromatic carbocycles. The van der Waals surface area contributed by atoms with Crippen LogP contribution < -0.4 is 5.32 Å². The van der Waals surface area contributed by atoms with E-state index < -0.39 is 6.04 Å². The maximum absolute atomic E-state index is 13.4. The molecule has 0 bridgehead atoms. The number of hydrogen-bond acceptors (Lipinski definition) is 6. The lowest BCUT2D eigenvalue weighted by Crippen LogP contribution is -2.42. The standard InChI is InChI=1S/C19H20N8O2/c28-18(21-14-6-7-14)16-10-15-11-25(8-9-26(15)22-16)19(29)17(27-12-20-23-24-27)13-4-2-1-3-5-13/h1-5,10,12,14,17H,6-9,11H2,(H,21,28)/t17-/m1/s1. The first-order chi connectivity index (χ1) is 14.2. The van der Waals surface area contributed by atoms with Crippen LogP contribution in [0.25, 0.3) is 0 Å². The molecule has 29 heavy (non-hydrogen) atoms. The smallest absolute Gasteiger partial charge is 0.272 e. The molecule has 3 aromatic rings. The van der Waals surface area contributed by atoms with E-state index in [4.69, 9.17) is 0 Å². The average molecular weight is 392 g/mol. The zero-order valence-corrected chi connectivity index (χ0v) is 15.7. The molecule has 148 valence electrons. The van der Waals surface area contributed by atoms with Gasteiger partial charge in [0.25, 0.3) is 11.8 Å². The Balaban J connectivity index is 1.37. The minimum Gasteiger partial charge on any atom is -0.348 e. The SMILES string of the molecule is O=C(NC1CC1)c1cc2n(n1)CCN(C(=O)[C@@H](c1ccccc1)n1cnnn1)C2. The van der Waals surface area contributed by atoms with Crippen LogP contribution in [0.3, 0.4) is 0 Å². The fraction of sp³-hybridized carbons (Fsp3) is 0.368. The van der Waals surface area contributed by atoms with Crippen LogP contribution in [0, 0.1) is 0 Å². The number of carbonyl (C=O) groups is 2. The Morgan fingerprint density at radius 3 is 2.69 bits per heavy atom. The van der Waals surface area contributed by atoms with Gasteiger partial charge >= 0.3 is 0 Å². The lowest BCUT2D eigenvalue weighted by atomic mass is 10.1. The molecule has 1 saturated carbocycles. The van der Waals surface area contributed by atoms with Crippen molar-refractivity contribution in [3.05, 3.63) is 59.7 Å². The monoisotopic (exact) mass is 392 g/mol. The molecule has 5 rings (SSSR count). The van der Waals surface area contributed by atoms with Crippen molar-refractivity contribution in [3.63, 3.8) is 0 Å². The van der Waals surface area contributed by atoms with Gasteiger partial charge in [0.2, 0.25) is 0 Å². The zero-order valence-electron chi connectivity index (χ0n) is 15.7. The summed E-state index contributed by atoms with van der Waals surface area (Å²) >= 11 is 0. The quantitative estimate of drug-likeness (QED) is 0.673. The Labute approximate surface area is 166 Å². The first kappa shape index (κ1) is 17.5. The summed E-state index contributed by atoms with van der Waals surface area (Å²) in [5, 5.41) is 18.7. The van der Waals surface area contributed by atoms with Gasteiger partial charge in [-0.05, 0) is 34.9 Å². The molecule has 10 nitrogen and oxygen atoms in total. The van der Waals surface area contributed by atoms with Gasteiger partial charge in [-0.1, -0.05) is 30.3 Å². The summed E-state index contributed by atoms with van der Waals surface area (Å²) < 4.78 is 3.28. The third-order valence-corrected chi connectivity index (χ3v) is 5.23. The van der Waals surface area contributed by atoms with Gasteiger partial charge in [-0.25, -0.2) is 4.68 Å². The Bertz CT molecular complexity index is 1030. The van der Waals surface area contributed by atoms with Crippen molar-refractivity contribution in [2.45, 2.75) is 38.0 Å². The number of fused-ring (bicyclic) bond motifs is 1. The molecule has 10 heteroatoms. The summed E-state index contributed by atoms with van der Waals surface area (Å²) in [7, 11) is 0. The zero-order chi connectivity index (χ0) is 19.8. The van der Waals surface area contributed by atoms with Crippen molar-refractivity contribution < 1.29 is 9.59 Å². The molecule has 0 saturated heterocycles. The molecule has 1 fully saturated rings. The van der Waals surface area contributed by atoms with Crippen LogP contribution in [0.15, 0.2) is 42.7 Å². The maximum atomic E-state index is 13.4. The van der Waals surface area contributed by atoms with Crippen LogP contribution in [0.4, 0.5) is 0 Å². The van der Waals surface area contributed by atoms with E-state index in [1.165, 1.54) is 11.0 Å². The van der Waals surface area contributed by atoms with Crippen molar-refractivity contribution in [1.82, 2.24) is 40.2 Å². The first-order valence-electron chi connectivity index (χ1n) is 9.63. The van der Waals surface area contributed by atoms with Gasteiger partial charge in [0.15, 0.2) is 11.7 Å². The van der Waals surface area contributed by atoms with E-state index >= 15 is 0 Å². The molecule has 2 amide bonds. The third kappa shape index (κ3) is 3.48. The average Bonchev–Trinajstić information content (AvgIpc) is 3.22. The molecule has 1 atom stereocenters. The second-order valence-corrected chi connectivity index (χ2v) is 7.35. The molecule has 2 aliphatic rings. The number of tetrazole rings is 1. The van der Waals surface area contributed by atoms with Gasteiger partial charge in [0, 0.05) is 12.6 Å². The molecule has 3 heterocycles. The molecule has 0 spiro atoms. The molecular weight excluding hydrogens is 372 g/mol. The van der Waals surface area contributed by atoms with E-state index in [9.17, 15) is 9.59 Å². The van der Waals surface area contributed by atoms with E-state index in [0.29, 0.717) is 25.3 Å². The summed E-state index contributed by atoms with van der Waals surface area (Å²) in [6.45, 7) is 1.42. The fourth-order valence-corrected chi connectivity index (χ4v) is 3.56. The predicted molar refractivity (Wildman–Crippen MR) is 101 cm³/mol. The highest BCUT2D eigenvalue weighted by Gasteiger charge is 2.32. The lowest BCUT2D eigenvalue weighted by molar-refractivity contribution is -0.135. The Kier molecular flexibility index (Phi) is 4.30. The number of hydrogen-bond donors (Lipinski definition) is 1. The van der Waals surface area contributed by atoms with Crippen LogP contribution in [0.1, 0.15) is 40.6 Å². The van der Waals surface area contributed by atoms with E-state index in [-0.39, 0.29) is 17.9 Å². The minimum absolute atomic E-state index is 0.0973. The highest BCUT2D eigenvalue weighted by molar-refractivity contribution is 5.92. The molecule has 0 unspecified atom stereocenters. The van der Waals surface area contributed by atoms with E-state index in [1.54, 1.807) is 15.6 Å². The van der Waals surface area contributed by atoms with Crippen LogP contribution in [0.5, 0.6) is 0 Å². The van der Waals surface area contributed by atoms with Crippen molar-refractivity contribution >= 4 is 11.8 Å². The number of benzene rings is 1. The van der Waals surface area contributed by atoms with Crippen molar-refractivity contribution in [1.29, 1.82) is 0 Å². The van der Waals surface area contributed by atoms with Crippen molar-refractivity contribution in [3.8, 4) is 0 Å².